The minimum atomic E-state index is -0.896. The predicted molar refractivity (Wildman–Crippen MR) is 152 cm³/mol. The van der Waals surface area contributed by atoms with Crippen molar-refractivity contribution in [2.24, 2.45) is 0 Å². The van der Waals surface area contributed by atoms with Gasteiger partial charge in [-0.25, -0.2) is 18.7 Å². The molecule has 1 saturated heterocycles. The molecule has 0 unspecified atom stereocenters. The van der Waals surface area contributed by atoms with Gasteiger partial charge < -0.3 is 25.0 Å². The van der Waals surface area contributed by atoms with Crippen LogP contribution in [0, 0.1) is 11.6 Å². The number of aryl methyl sites for hydroxylation is 1. The van der Waals surface area contributed by atoms with Crippen LogP contribution in [-0.4, -0.2) is 89.1 Å². The number of rotatable bonds is 10. The van der Waals surface area contributed by atoms with E-state index in [0.29, 0.717) is 47.8 Å². The topological polar surface area (TPSA) is 109 Å². The maximum atomic E-state index is 15.2. The minimum Gasteiger partial charge on any atom is -0.493 e. The molecule has 1 aliphatic rings. The minimum absolute atomic E-state index is 0.0385. The van der Waals surface area contributed by atoms with Crippen molar-refractivity contribution in [1.82, 2.24) is 29.2 Å². The third-order valence-electron chi connectivity index (χ3n) is 7.14. The van der Waals surface area contributed by atoms with Crippen LogP contribution in [0.1, 0.15) is 12.1 Å². The Morgan fingerprint density at radius 1 is 1.07 bits per heavy atom. The molecule has 216 valence electrons. The molecule has 0 radical (unpaired) electrons. The summed E-state index contributed by atoms with van der Waals surface area (Å²) >= 11 is 0. The van der Waals surface area contributed by atoms with E-state index in [1.165, 1.54) is 20.3 Å². The first-order valence-corrected chi connectivity index (χ1v) is 13.2. The Labute approximate surface area is 235 Å². The number of amides is 1. The number of fused-ring (bicyclic) bond motifs is 3. The molecule has 13 heteroatoms. The summed E-state index contributed by atoms with van der Waals surface area (Å²) in [6.45, 7) is 7.36. The van der Waals surface area contributed by atoms with Crippen molar-refractivity contribution >= 4 is 39.9 Å². The van der Waals surface area contributed by atoms with E-state index in [-0.39, 0.29) is 17.4 Å². The average molecular weight is 567 g/mol. The summed E-state index contributed by atoms with van der Waals surface area (Å²) in [5, 5.41) is 6.46. The summed E-state index contributed by atoms with van der Waals surface area (Å²) in [4.78, 5) is 29.7. The number of hydrogen-bond acceptors (Lipinski definition) is 9. The standard InChI is InChI=1S/C28H32F2N8O3/c1-5-22(39)37-11-9-36(10-12-37)8-6-7-18-16-38-26-17(15-32-28(31-2)35-26)13-19(27(38)33-18)34-25-23(29)20(40-3)14-21(41-4)24(25)30/h5,13-16,34H,1,6-12H2,2-4H3,(H,31,32,35). The average Bonchev–Trinajstić information content (AvgIpc) is 3.44. The van der Waals surface area contributed by atoms with E-state index in [9.17, 15) is 4.79 Å². The number of imidazole rings is 1. The van der Waals surface area contributed by atoms with E-state index < -0.39 is 17.3 Å². The number of hydrogen-bond donors (Lipinski definition) is 2. The van der Waals surface area contributed by atoms with Crippen molar-refractivity contribution in [2.75, 3.05) is 64.6 Å². The van der Waals surface area contributed by atoms with Gasteiger partial charge in [-0.05, 0) is 31.5 Å². The van der Waals surface area contributed by atoms with Gasteiger partial charge in [-0.15, -0.1) is 0 Å². The molecule has 4 aromatic rings. The molecule has 1 fully saturated rings. The van der Waals surface area contributed by atoms with Crippen LogP contribution >= 0.6 is 0 Å². The zero-order valence-corrected chi connectivity index (χ0v) is 23.2. The fourth-order valence-corrected chi connectivity index (χ4v) is 4.95. The highest BCUT2D eigenvalue weighted by Crippen LogP contribution is 2.37. The molecule has 1 aliphatic heterocycles. The number of anilines is 3. The third kappa shape index (κ3) is 5.57. The molecule has 3 aromatic heterocycles. The summed E-state index contributed by atoms with van der Waals surface area (Å²) in [7, 11) is 4.32. The zero-order chi connectivity index (χ0) is 29.1. The van der Waals surface area contributed by atoms with Gasteiger partial charge in [0, 0.05) is 57.1 Å². The number of methoxy groups -OCH3 is 2. The van der Waals surface area contributed by atoms with Crippen molar-refractivity contribution in [3.8, 4) is 11.5 Å². The zero-order valence-electron chi connectivity index (χ0n) is 23.2. The van der Waals surface area contributed by atoms with Crippen molar-refractivity contribution < 1.29 is 23.0 Å². The molecule has 0 atom stereocenters. The molecule has 2 N–H and O–H groups in total. The number of ether oxygens (including phenoxy) is 2. The smallest absolute Gasteiger partial charge is 0.246 e. The predicted octanol–water partition coefficient (Wildman–Crippen LogP) is 3.62. The van der Waals surface area contributed by atoms with Gasteiger partial charge in [0.05, 0.1) is 25.6 Å². The Morgan fingerprint density at radius 2 is 1.78 bits per heavy atom. The fraction of sp³-hybridized carbons (Fsp3) is 0.357. The van der Waals surface area contributed by atoms with Gasteiger partial charge in [0.15, 0.2) is 34.4 Å². The molecule has 1 aromatic carbocycles. The number of carbonyl (C=O) groups is 1. The molecule has 4 heterocycles. The van der Waals surface area contributed by atoms with Gasteiger partial charge in [0.2, 0.25) is 11.9 Å². The second-order valence-corrected chi connectivity index (χ2v) is 9.59. The molecular formula is C28H32F2N8O3. The van der Waals surface area contributed by atoms with E-state index in [1.54, 1.807) is 28.6 Å². The Kier molecular flexibility index (Phi) is 8.15. The summed E-state index contributed by atoms with van der Waals surface area (Å²) in [5.74, 6) is -1.73. The molecule has 0 aliphatic carbocycles. The van der Waals surface area contributed by atoms with Crippen LogP contribution < -0.4 is 20.1 Å². The van der Waals surface area contributed by atoms with Gasteiger partial charge >= 0.3 is 0 Å². The number of nitrogens with zero attached hydrogens (tertiary/aromatic N) is 6. The molecule has 5 rings (SSSR count). The van der Waals surface area contributed by atoms with Crippen molar-refractivity contribution in [2.45, 2.75) is 12.8 Å². The molecular weight excluding hydrogens is 534 g/mol. The van der Waals surface area contributed by atoms with Gasteiger partial charge in [-0.2, -0.15) is 4.98 Å². The summed E-state index contributed by atoms with van der Waals surface area (Å²) in [5.41, 5.74) is 1.78. The lowest BCUT2D eigenvalue weighted by Crippen LogP contribution is -2.48. The SMILES string of the molecule is C=CC(=O)N1CCN(CCCc2cn3c(n2)c(Nc2c(F)c(OC)cc(OC)c2F)cc2cnc(NC)nc23)CC1. The second-order valence-electron chi connectivity index (χ2n) is 9.59. The summed E-state index contributed by atoms with van der Waals surface area (Å²) < 4.78 is 42.4. The van der Waals surface area contributed by atoms with E-state index >= 15 is 8.78 Å². The maximum Gasteiger partial charge on any atom is 0.246 e. The van der Waals surface area contributed by atoms with Crippen LogP contribution in [0.4, 0.5) is 26.1 Å². The first-order valence-electron chi connectivity index (χ1n) is 13.2. The van der Waals surface area contributed by atoms with Gasteiger partial charge in [-0.3, -0.25) is 14.1 Å². The Morgan fingerprint density at radius 3 is 2.41 bits per heavy atom. The maximum absolute atomic E-state index is 15.2. The van der Waals surface area contributed by atoms with Crippen LogP contribution in [0.15, 0.2) is 37.2 Å². The number of pyridine rings is 1. The van der Waals surface area contributed by atoms with Gasteiger partial charge in [-0.1, -0.05) is 6.58 Å². The van der Waals surface area contributed by atoms with Crippen molar-refractivity contribution in [1.29, 1.82) is 0 Å². The van der Waals surface area contributed by atoms with Gasteiger partial charge in [0.1, 0.15) is 5.69 Å². The molecule has 0 spiro atoms. The number of halogens is 2. The molecule has 0 saturated carbocycles. The lowest BCUT2D eigenvalue weighted by atomic mass is 10.2. The van der Waals surface area contributed by atoms with Crippen LogP contribution in [0.2, 0.25) is 0 Å². The highest BCUT2D eigenvalue weighted by atomic mass is 19.1. The van der Waals surface area contributed by atoms with Crippen LogP contribution in [0.25, 0.3) is 16.7 Å². The largest absolute Gasteiger partial charge is 0.493 e. The Hall–Kier alpha value is -4.52. The van der Waals surface area contributed by atoms with E-state index in [1.807, 2.05) is 6.20 Å². The highest BCUT2D eigenvalue weighted by Gasteiger charge is 2.23. The Bertz CT molecular complexity index is 1570. The van der Waals surface area contributed by atoms with Gasteiger partial charge in [0.25, 0.3) is 0 Å². The lowest BCUT2D eigenvalue weighted by Gasteiger charge is -2.34. The third-order valence-corrected chi connectivity index (χ3v) is 7.14. The second kappa shape index (κ2) is 11.9. The van der Waals surface area contributed by atoms with E-state index in [2.05, 4.69) is 32.1 Å². The number of benzene rings is 1. The number of aromatic nitrogens is 4. The van der Waals surface area contributed by atoms with E-state index in [0.717, 1.165) is 37.8 Å². The van der Waals surface area contributed by atoms with Crippen molar-refractivity contribution in [3.63, 3.8) is 0 Å². The molecule has 41 heavy (non-hydrogen) atoms. The monoisotopic (exact) mass is 566 g/mol. The number of carbonyl (C=O) groups excluding carboxylic acids is 1. The quantitative estimate of drug-likeness (QED) is 0.278. The molecule has 11 nitrogen and oxygen atoms in total. The van der Waals surface area contributed by atoms with E-state index in [4.69, 9.17) is 14.5 Å². The molecule has 1 amide bonds. The first kappa shape index (κ1) is 28.0. The lowest BCUT2D eigenvalue weighted by molar-refractivity contribution is -0.127. The number of piperazine rings is 1. The normalized spacial score (nSPS) is 13.9. The van der Waals surface area contributed by atoms with Crippen LogP contribution in [-0.2, 0) is 11.2 Å². The van der Waals surface area contributed by atoms with Crippen molar-refractivity contribution in [3.05, 3.63) is 54.5 Å². The van der Waals surface area contributed by atoms with Crippen LogP contribution in [0.3, 0.4) is 0 Å². The molecule has 0 bridgehead atoms. The number of nitrogens with one attached hydrogen (secondary N) is 2. The summed E-state index contributed by atoms with van der Waals surface area (Å²) in [6, 6.07) is 2.86. The Balaban J connectivity index is 1.44. The highest BCUT2D eigenvalue weighted by molar-refractivity contribution is 5.89. The first-order chi connectivity index (χ1) is 19.9. The summed E-state index contributed by atoms with van der Waals surface area (Å²) in [6.07, 6.45) is 6.38. The fourth-order valence-electron chi connectivity index (χ4n) is 4.95. The van der Waals surface area contributed by atoms with Crippen LogP contribution in [0.5, 0.6) is 11.5 Å².